The summed E-state index contributed by atoms with van der Waals surface area (Å²) in [5.74, 6) is 1.02. The number of piperazine rings is 1. The van der Waals surface area contributed by atoms with Gasteiger partial charge >= 0.3 is 0 Å². The number of aliphatic hydroxyl groups is 1. The Bertz CT molecular complexity index is 596. The molecule has 0 aromatic heterocycles. The van der Waals surface area contributed by atoms with Crippen molar-refractivity contribution in [3.8, 4) is 0 Å². The van der Waals surface area contributed by atoms with E-state index in [2.05, 4.69) is 41.8 Å². The Morgan fingerprint density at radius 2 is 1.65 bits per heavy atom. The van der Waals surface area contributed by atoms with E-state index in [1.807, 2.05) is 6.92 Å². The molecule has 0 spiro atoms. The molecule has 5 heteroatoms. The molecule has 1 saturated carbocycles. The van der Waals surface area contributed by atoms with Crippen LogP contribution in [-0.4, -0.2) is 35.7 Å². The minimum atomic E-state index is -0.349. The predicted molar refractivity (Wildman–Crippen MR) is 104 cm³/mol. The highest BCUT2D eigenvalue weighted by Gasteiger charge is 2.35. The summed E-state index contributed by atoms with van der Waals surface area (Å²) in [5, 5.41) is 16.0. The molecule has 1 aliphatic carbocycles. The maximum atomic E-state index is 11.7. The summed E-state index contributed by atoms with van der Waals surface area (Å²) in [7, 11) is 0. The Morgan fingerprint density at radius 1 is 1.04 bits per heavy atom. The minimum Gasteiger partial charge on any atom is -0.396 e. The molecule has 2 aliphatic rings. The average Bonchev–Trinajstić information content (AvgIpc) is 2.63. The van der Waals surface area contributed by atoms with Crippen molar-refractivity contribution in [3.63, 3.8) is 0 Å². The first-order valence-electron chi connectivity index (χ1n) is 10.0. The molecule has 1 aromatic carbocycles. The number of nitrogens with two attached hydrogens (primary N) is 1. The van der Waals surface area contributed by atoms with Gasteiger partial charge in [-0.2, -0.15) is 0 Å². The summed E-state index contributed by atoms with van der Waals surface area (Å²) in [6, 6.07) is 8.89. The number of primary amides is 1. The number of hydrogen-bond donors (Lipinski definition) is 4. The molecule has 3 rings (SSSR count). The Morgan fingerprint density at radius 3 is 2.23 bits per heavy atom. The molecule has 0 bridgehead atoms. The smallest absolute Gasteiger partial charge is 0.236 e. The molecular weight excluding hydrogens is 326 g/mol. The summed E-state index contributed by atoms with van der Waals surface area (Å²) >= 11 is 0. The van der Waals surface area contributed by atoms with Crippen LogP contribution in [0.3, 0.4) is 0 Å². The number of carbonyl (C=O) groups excluding carboxylic acids is 1. The number of carbonyl (C=O) groups is 1. The van der Waals surface area contributed by atoms with Crippen LogP contribution in [0.1, 0.15) is 69.0 Å². The molecule has 1 heterocycles. The Hall–Kier alpha value is -1.43. The molecule has 5 nitrogen and oxygen atoms in total. The van der Waals surface area contributed by atoms with E-state index in [0.29, 0.717) is 18.4 Å². The minimum absolute atomic E-state index is 0.0344. The zero-order valence-electron chi connectivity index (χ0n) is 15.9. The fourth-order valence-corrected chi connectivity index (χ4v) is 4.75. The molecule has 144 valence electrons. The van der Waals surface area contributed by atoms with Crippen LogP contribution in [0, 0.1) is 5.92 Å². The van der Waals surface area contributed by atoms with Crippen molar-refractivity contribution in [2.24, 2.45) is 11.7 Å². The van der Waals surface area contributed by atoms with Crippen molar-refractivity contribution in [1.82, 2.24) is 10.6 Å². The van der Waals surface area contributed by atoms with E-state index >= 15 is 0 Å². The first-order valence-corrected chi connectivity index (χ1v) is 10.0. The van der Waals surface area contributed by atoms with Crippen molar-refractivity contribution in [1.29, 1.82) is 0 Å². The molecule has 26 heavy (non-hydrogen) atoms. The van der Waals surface area contributed by atoms with E-state index < -0.39 is 0 Å². The van der Waals surface area contributed by atoms with E-state index in [0.717, 1.165) is 6.42 Å². The fraction of sp³-hybridized carbons (Fsp3) is 0.667. The van der Waals surface area contributed by atoms with E-state index in [4.69, 9.17) is 10.8 Å². The second kappa shape index (κ2) is 8.51. The van der Waals surface area contributed by atoms with Crippen LogP contribution in [-0.2, 0) is 4.79 Å². The topological polar surface area (TPSA) is 87.4 Å². The van der Waals surface area contributed by atoms with Gasteiger partial charge in [0.1, 0.15) is 6.04 Å². The van der Waals surface area contributed by atoms with Crippen LogP contribution in [0.2, 0.25) is 0 Å². The summed E-state index contributed by atoms with van der Waals surface area (Å²) in [4.78, 5) is 11.7. The first kappa shape index (κ1) is 19.3. The third-order valence-corrected chi connectivity index (χ3v) is 6.34. The average molecular weight is 360 g/mol. The van der Waals surface area contributed by atoms with Gasteiger partial charge in [-0.25, -0.2) is 0 Å². The van der Waals surface area contributed by atoms with Gasteiger partial charge < -0.3 is 16.2 Å². The number of nitrogens with one attached hydrogen (secondary N) is 2. The Kier molecular flexibility index (Phi) is 6.33. The van der Waals surface area contributed by atoms with Crippen molar-refractivity contribution in [2.75, 3.05) is 6.61 Å². The van der Waals surface area contributed by atoms with Gasteiger partial charge in [-0.1, -0.05) is 24.3 Å². The zero-order valence-corrected chi connectivity index (χ0v) is 15.9. The standard InChI is InChI=1S/C21H33N3O2/c1-13-19(24-20(21(22)26)14(2)23-13)18-9-7-17(8-10-18)16-5-3-15(4-6-16)11-12-25/h7-10,13-16,19-20,23-25H,3-6,11-12H2,1-2H3,(H2,22,26). The highest BCUT2D eigenvalue weighted by Crippen LogP contribution is 2.37. The van der Waals surface area contributed by atoms with Gasteiger partial charge in [0.15, 0.2) is 0 Å². The monoisotopic (exact) mass is 359 g/mol. The van der Waals surface area contributed by atoms with Gasteiger partial charge in [-0.3, -0.25) is 10.1 Å². The third-order valence-electron chi connectivity index (χ3n) is 6.34. The lowest BCUT2D eigenvalue weighted by Gasteiger charge is -2.40. The largest absolute Gasteiger partial charge is 0.396 e. The molecular formula is C21H33N3O2. The summed E-state index contributed by atoms with van der Waals surface area (Å²) in [6.45, 7) is 4.45. The van der Waals surface area contributed by atoms with E-state index in [-0.39, 0.29) is 30.1 Å². The maximum Gasteiger partial charge on any atom is 0.236 e. The number of aliphatic hydroxyl groups excluding tert-OH is 1. The molecule has 5 N–H and O–H groups in total. The molecule has 1 amide bonds. The maximum absolute atomic E-state index is 11.7. The highest BCUT2D eigenvalue weighted by atomic mass is 16.3. The molecule has 2 fully saturated rings. The van der Waals surface area contributed by atoms with Crippen LogP contribution >= 0.6 is 0 Å². The van der Waals surface area contributed by atoms with Gasteiger partial charge in [0.05, 0.1) is 0 Å². The SMILES string of the molecule is CC1NC(C)C(c2ccc(C3CCC(CCO)CC3)cc2)NC1C(N)=O. The van der Waals surface area contributed by atoms with E-state index in [1.54, 1.807) is 0 Å². The highest BCUT2D eigenvalue weighted by molar-refractivity contribution is 5.81. The summed E-state index contributed by atoms with van der Waals surface area (Å²) in [6.07, 6.45) is 5.81. The predicted octanol–water partition coefficient (Wildman–Crippen LogP) is 2.21. The lowest BCUT2D eigenvalue weighted by molar-refractivity contribution is -0.121. The zero-order chi connectivity index (χ0) is 18.7. The van der Waals surface area contributed by atoms with Gasteiger partial charge in [-0.15, -0.1) is 0 Å². The van der Waals surface area contributed by atoms with Crippen LogP contribution in [0.15, 0.2) is 24.3 Å². The lowest BCUT2D eigenvalue weighted by Crippen LogP contribution is -2.64. The Balaban J connectivity index is 1.65. The van der Waals surface area contributed by atoms with Gasteiger partial charge in [0.2, 0.25) is 5.91 Å². The van der Waals surface area contributed by atoms with E-state index in [9.17, 15) is 4.79 Å². The second-order valence-electron chi connectivity index (χ2n) is 8.16. The number of amides is 1. The number of hydrogen-bond acceptors (Lipinski definition) is 4. The molecule has 4 atom stereocenters. The van der Waals surface area contributed by atoms with Crippen LogP contribution in [0.5, 0.6) is 0 Å². The van der Waals surface area contributed by atoms with Crippen LogP contribution < -0.4 is 16.4 Å². The van der Waals surface area contributed by atoms with Crippen LogP contribution in [0.4, 0.5) is 0 Å². The van der Waals surface area contributed by atoms with E-state index in [1.165, 1.54) is 36.8 Å². The number of benzene rings is 1. The first-order chi connectivity index (χ1) is 12.5. The fourth-order valence-electron chi connectivity index (χ4n) is 4.75. The molecule has 1 saturated heterocycles. The van der Waals surface area contributed by atoms with Gasteiger partial charge in [0.25, 0.3) is 0 Å². The van der Waals surface area contributed by atoms with Crippen molar-refractivity contribution >= 4 is 5.91 Å². The van der Waals surface area contributed by atoms with Crippen molar-refractivity contribution in [3.05, 3.63) is 35.4 Å². The van der Waals surface area contributed by atoms with Crippen LogP contribution in [0.25, 0.3) is 0 Å². The quantitative estimate of drug-likeness (QED) is 0.649. The molecule has 0 radical (unpaired) electrons. The normalized spacial score (nSPS) is 35.2. The second-order valence-corrected chi connectivity index (χ2v) is 8.16. The third kappa shape index (κ3) is 4.27. The molecule has 4 unspecified atom stereocenters. The number of rotatable bonds is 5. The molecule has 1 aromatic rings. The van der Waals surface area contributed by atoms with Crippen molar-refractivity contribution < 1.29 is 9.90 Å². The Labute approximate surface area is 156 Å². The lowest BCUT2D eigenvalue weighted by atomic mass is 9.77. The molecule has 1 aliphatic heterocycles. The summed E-state index contributed by atoms with van der Waals surface area (Å²) in [5.41, 5.74) is 8.15. The van der Waals surface area contributed by atoms with Gasteiger partial charge in [0, 0.05) is 24.7 Å². The van der Waals surface area contributed by atoms with Crippen molar-refractivity contribution in [2.45, 2.75) is 76.0 Å². The van der Waals surface area contributed by atoms with Gasteiger partial charge in [-0.05, 0) is 68.9 Å². The summed E-state index contributed by atoms with van der Waals surface area (Å²) < 4.78 is 0.